The lowest BCUT2D eigenvalue weighted by atomic mass is 10.0. The first-order valence-electron chi connectivity index (χ1n) is 8.78. The van der Waals surface area contributed by atoms with E-state index in [1.165, 1.54) is 12.1 Å². The number of piperidine rings is 1. The van der Waals surface area contributed by atoms with Gasteiger partial charge in [0.05, 0.1) is 5.56 Å². The molecule has 0 unspecified atom stereocenters. The maximum Gasteiger partial charge on any atom is 0.416 e. The first kappa shape index (κ1) is 20.1. The summed E-state index contributed by atoms with van der Waals surface area (Å²) in [6, 6.07) is 4.07. The number of alkyl halides is 3. The molecule has 5 nitrogen and oxygen atoms in total. The number of rotatable bonds is 4. The van der Waals surface area contributed by atoms with Crippen LogP contribution in [-0.4, -0.2) is 54.0 Å². The van der Waals surface area contributed by atoms with E-state index in [4.69, 9.17) is 0 Å². The minimum atomic E-state index is -4.42. The van der Waals surface area contributed by atoms with Gasteiger partial charge in [-0.1, -0.05) is 0 Å². The number of halogens is 3. The Bertz CT molecular complexity index is 620. The van der Waals surface area contributed by atoms with Gasteiger partial charge < -0.3 is 15.1 Å². The lowest BCUT2D eigenvalue weighted by Crippen LogP contribution is -2.50. The summed E-state index contributed by atoms with van der Waals surface area (Å²) in [6.45, 7) is 6.26. The highest BCUT2D eigenvalue weighted by atomic mass is 19.4. The average molecular weight is 371 g/mol. The summed E-state index contributed by atoms with van der Waals surface area (Å²) in [6.07, 6.45) is -3.17. The molecule has 144 valence electrons. The summed E-state index contributed by atoms with van der Waals surface area (Å²) in [5.74, 6) is -0.396. The third-order valence-corrected chi connectivity index (χ3v) is 4.61. The van der Waals surface area contributed by atoms with Gasteiger partial charge in [-0.25, -0.2) is 4.79 Å². The number of carbonyl (C=O) groups is 2. The topological polar surface area (TPSA) is 52.7 Å². The van der Waals surface area contributed by atoms with E-state index >= 15 is 0 Å². The van der Waals surface area contributed by atoms with Crippen LogP contribution in [0.5, 0.6) is 0 Å². The number of nitrogens with one attached hydrogen (secondary N) is 1. The maximum atomic E-state index is 12.6. The third-order valence-electron chi connectivity index (χ3n) is 4.61. The molecule has 0 aliphatic carbocycles. The summed E-state index contributed by atoms with van der Waals surface area (Å²) in [5.41, 5.74) is -0.586. The van der Waals surface area contributed by atoms with Gasteiger partial charge in [0.15, 0.2) is 0 Å². The minimum absolute atomic E-state index is 0.00233. The Morgan fingerprint density at radius 2 is 1.65 bits per heavy atom. The zero-order valence-electron chi connectivity index (χ0n) is 15.0. The smallest absolute Gasteiger partial charge is 0.349 e. The molecule has 0 aromatic heterocycles. The van der Waals surface area contributed by atoms with Crippen LogP contribution in [0.1, 0.15) is 42.6 Å². The van der Waals surface area contributed by atoms with Gasteiger partial charge in [0, 0.05) is 37.8 Å². The van der Waals surface area contributed by atoms with Crippen LogP contribution in [0.25, 0.3) is 0 Å². The Kier molecular flexibility index (Phi) is 6.50. The van der Waals surface area contributed by atoms with Crippen LogP contribution < -0.4 is 5.32 Å². The predicted octanol–water partition coefficient (Wildman–Crippen LogP) is 3.36. The molecular weight excluding hydrogens is 347 g/mol. The molecule has 1 aliphatic heterocycles. The number of amides is 3. The third kappa shape index (κ3) is 4.89. The second kappa shape index (κ2) is 8.42. The van der Waals surface area contributed by atoms with Crippen molar-refractivity contribution in [1.29, 1.82) is 0 Å². The minimum Gasteiger partial charge on any atom is -0.349 e. The number of nitrogens with zero attached hydrogens (tertiary/aromatic N) is 2. The van der Waals surface area contributed by atoms with Gasteiger partial charge in [0.25, 0.3) is 5.91 Å². The fourth-order valence-corrected chi connectivity index (χ4v) is 2.99. The van der Waals surface area contributed by atoms with Crippen LogP contribution in [0.4, 0.5) is 18.0 Å². The summed E-state index contributed by atoms with van der Waals surface area (Å²) in [4.78, 5) is 28.0. The van der Waals surface area contributed by atoms with E-state index in [0.29, 0.717) is 39.0 Å². The van der Waals surface area contributed by atoms with E-state index in [0.717, 1.165) is 12.1 Å². The molecule has 1 saturated heterocycles. The van der Waals surface area contributed by atoms with E-state index in [1.807, 2.05) is 13.8 Å². The van der Waals surface area contributed by atoms with Crippen LogP contribution in [0.3, 0.4) is 0 Å². The van der Waals surface area contributed by atoms with E-state index in [1.54, 1.807) is 9.80 Å². The van der Waals surface area contributed by atoms with Crippen LogP contribution in [0.15, 0.2) is 24.3 Å². The highest BCUT2D eigenvalue weighted by Gasteiger charge is 2.30. The van der Waals surface area contributed by atoms with Crippen molar-refractivity contribution in [2.45, 2.75) is 38.9 Å². The Labute approximate surface area is 151 Å². The molecule has 0 bridgehead atoms. The molecule has 2 rings (SSSR count). The van der Waals surface area contributed by atoms with Crippen LogP contribution in [-0.2, 0) is 6.18 Å². The molecule has 0 saturated carbocycles. The highest BCUT2D eigenvalue weighted by molar-refractivity contribution is 5.94. The Morgan fingerprint density at radius 1 is 1.12 bits per heavy atom. The molecular formula is C18H24F3N3O2. The van der Waals surface area contributed by atoms with E-state index < -0.39 is 17.6 Å². The monoisotopic (exact) mass is 371 g/mol. The number of hydrogen-bond donors (Lipinski definition) is 1. The molecule has 26 heavy (non-hydrogen) atoms. The Balaban J connectivity index is 1.87. The molecule has 1 heterocycles. The van der Waals surface area contributed by atoms with Crippen LogP contribution in [0.2, 0.25) is 0 Å². The second-order valence-corrected chi connectivity index (χ2v) is 6.26. The quantitative estimate of drug-likeness (QED) is 0.882. The fraction of sp³-hybridized carbons (Fsp3) is 0.556. The molecule has 0 atom stereocenters. The summed E-state index contributed by atoms with van der Waals surface area (Å²) >= 11 is 0. The summed E-state index contributed by atoms with van der Waals surface area (Å²) in [5, 5.41) is 2.84. The van der Waals surface area contributed by atoms with E-state index in [9.17, 15) is 22.8 Å². The first-order valence-corrected chi connectivity index (χ1v) is 8.78. The van der Waals surface area contributed by atoms with Crippen LogP contribution in [0, 0.1) is 0 Å². The van der Waals surface area contributed by atoms with Gasteiger partial charge in [0.2, 0.25) is 0 Å². The highest BCUT2D eigenvalue weighted by Crippen LogP contribution is 2.29. The number of carbonyl (C=O) groups excluding carboxylic acids is 2. The molecule has 1 aliphatic rings. The summed E-state index contributed by atoms with van der Waals surface area (Å²) in [7, 11) is 0. The Morgan fingerprint density at radius 3 is 2.12 bits per heavy atom. The van der Waals surface area contributed by atoms with E-state index in [2.05, 4.69) is 5.32 Å². The van der Waals surface area contributed by atoms with Gasteiger partial charge in [-0.05, 0) is 51.0 Å². The van der Waals surface area contributed by atoms with Gasteiger partial charge in [0.1, 0.15) is 0 Å². The number of urea groups is 1. The zero-order chi connectivity index (χ0) is 19.3. The first-order chi connectivity index (χ1) is 12.3. The molecule has 3 amide bonds. The van der Waals surface area contributed by atoms with Gasteiger partial charge in [-0.3, -0.25) is 4.79 Å². The lowest BCUT2D eigenvalue weighted by Gasteiger charge is -2.35. The average Bonchev–Trinajstić information content (AvgIpc) is 2.62. The largest absolute Gasteiger partial charge is 0.416 e. The Hall–Kier alpha value is -2.25. The summed E-state index contributed by atoms with van der Waals surface area (Å²) < 4.78 is 37.7. The molecule has 1 aromatic rings. The number of benzene rings is 1. The number of hydrogen-bond acceptors (Lipinski definition) is 2. The molecule has 1 N–H and O–H groups in total. The molecule has 8 heteroatoms. The molecule has 0 spiro atoms. The maximum absolute atomic E-state index is 12.6. The van der Waals surface area contributed by atoms with Crippen molar-refractivity contribution in [2.24, 2.45) is 0 Å². The normalized spacial score (nSPS) is 15.7. The van der Waals surface area contributed by atoms with Gasteiger partial charge in [-0.15, -0.1) is 0 Å². The van der Waals surface area contributed by atoms with E-state index in [-0.39, 0.29) is 17.6 Å². The fourth-order valence-electron chi connectivity index (χ4n) is 2.99. The molecule has 1 aromatic carbocycles. The van der Waals surface area contributed by atoms with Crippen LogP contribution >= 0.6 is 0 Å². The second-order valence-electron chi connectivity index (χ2n) is 6.26. The van der Waals surface area contributed by atoms with Crippen molar-refractivity contribution in [3.8, 4) is 0 Å². The van der Waals surface area contributed by atoms with Gasteiger partial charge >= 0.3 is 12.2 Å². The van der Waals surface area contributed by atoms with Gasteiger partial charge in [-0.2, -0.15) is 13.2 Å². The van der Waals surface area contributed by atoms with Crippen molar-refractivity contribution in [2.75, 3.05) is 26.2 Å². The molecule has 1 fully saturated rings. The van der Waals surface area contributed by atoms with Crippen molar-refractivity contribution < 1.29 is 22.8 Å². The van der Waals surface area contributed by atoms with Crippen molar-refractivity contribution in [1.82, 2.24) is 15.1 Å². The molecule has 0 radical (unpaired) electrons. The lowest BCUT2D eigenvalue weighted by molar-refractivity contribution is -0.137. The SMILES string of the molecule is CCN(CC)C(=O)N1CCC(NC(=O)c2ccc(C(F)(F)F)cc2)CC1. The van der Waals surface area contributed by atoms with Crippen molar-refractivity contribution >= 4 is 11.9 Å². The standard InChI is InChI=1S/C18H24F3N3O2/c1-3-23(4-2)17(26)24-11-9-15(10-12-24)22-16(25)13-5-7-14(8-6-13)18(19,20)21/h5-8,15H,3-4,9-12H2,1-2H3,(H,22,25). The zero-order valence-corrected chi connectivity index (χ0v) is 15.0. The van der Waals surface area contributed by atoms with Crippen molar-refractivity contribution in [3.63, 3.8) is 0 Å². The number of likely N-dealkylation sites (tertiary alicyclic amines) is 1. The predicted molar refractivity (Wildman–Crippen MR) is 91.8 cm³/mol. The van der Waals surface area contributed by atoms with Crippen molar-refractivity contribution in [3.05, 3.63) is 35.4 Å².